The Bertz CT molecular complexity index is 475. The number of rotatable bonds is 5. The molecule has 0 saturated carbocycles. The second-order valence-electron chi connectivity index (χ2n) is 3.79. The van der Waals surface area contributed by atoms with E-state index >= 15 is 0 Å². The predicted octanol–water partition coefficient (Wildman–Crippen LogP) is 3.21. The van der Waals surface area contributed by atoms with Crippen LogP contribution in [-0.4, -0.2) is 6.10 Å². The Morgan fingerprint density at radius 1 is 1.33 bits per heavy atom. The van der Waals surface area contributed by atoms with Crippen LogP contribution in [0.1, 0.15) is 20.3 Å². The van der Waals surface area contributed by atoms with Crippen LogP contribution in [0.3, 0.4) is 0 Å². The maximum atomic E-state index is 8.57. The smallest absolute Gasteiger partial charge is 0.145 e. The lowest BCUT2D eigenvalue weighted by atomic mass is 10.2. The zero-order chi connectivity index (χ0) is 13.4. The van der Waals surface area contributed by atoms with Gasteiger partial charge in [-0.1, -0.05) is 6.92 Å². The molecule has 1 N–H and O–H groups in total. The van der Waals surface area contributed by atoms with Crippen LogP contribution >= 0.6 is 0 Å². The molecule has 0 amide bonds. The highest BCUT2D eigenvalue weighted by Gasteiger charge is 2.00. The number of anilines is 1. The summed E-state index contributed by atoms with van der Waals surface area (Å²) in [5.41, 5.74) is 0.837. The Morgan fingerprint density at radius 3 is 2.44 bits per heavy atom. The first-order chi connectivity index (χ1) is 8.69. The molecule has 1 aromatic carbocycles. The Kier molecular flexibility index (Phi) is 5.28. The average molecular weight is 241 g/mol. The van der Waals surface area contributed by atoms with E-state index in [4.69, 9.17) is 15.3 Å². The van der Waals surface area contributed by atoms with Gasteiger partial charge in [-0.2, -0.15) is 10.5 Å². The topological polar surface area (TPSA) is 68.8 Å². The number of nitriles is 2. The summed E-state index contributed by atoms with van der Waals surface area (Å²) in [7, 11) is 0. The maximum absolute atomic E-state index is 8.57. The minimum atomic E-state index is 0.0370. The van der Waals surface area contributed by atoms with Crippen LogP contribution in [0.15, 0.2) is 36.0 Å². The largest absolute Gasteiger partial charge is 0.491 e. The van der Waals surface area contributed by atoms with Crippen molar-refractivity contribution >= 4 is 5.69 Å². The van der Waals surface area contributed by atoms with E-state index in [1.807, 2.05) is 31.2 Å². The molecule has 1 unspecified atom stereocenters. The van der Waals surface area contributed by atoms with Gasteiger partial charge >= 0.3 is 0 Å². The van der Waals surface area contributed by atoms with Gasteiger partial charge in [0.25, 0.3) is 0 Å². The Labute approximate surface area is 107 Å². The SMILES string of the molecule is CCC(C)Oc1ccc(NC=C(C#N)C#N)cc1. The summed E-state index contributed by atoms with van der Waals surface area (Å²) in [5, 5.41) is 20.0. The van der Waals surface area contributed by atoms with Crippen LogP contribution in [0.5, 0.6) is 5.75 Å². The Balaban J connectivity index is 2.64. The molecule has 0 aliphatic rings. The molecule has 1 atom stereocenters. The van der Waals surface area contributed by atoms with Gasteiger partial charge in [0.05, 0.1) is 6.10 Å². The molecule has 0 aliphatic heterocycles. The van der Waals surface area contributed by atoms with Crippen molar-refractivity contribution < 1.29 is 4.74 Å². The highest BCUT2D eigenvalue weighted by atomic mass is 16.5. The van der Waals surface area contributed by atoms with Gasteiger partial charge in [0.15, 0.2) is 0 Å². The fraction of sp³-hybridized carbons (Fsp3) is 0.286. The van der Waals surface area contributed by atoms with Crippen LogP contribution in [0, 0.1) is 22.7 Å². The van der Waals surface area contributed by atoms with Crippen molar-refractivity contribution in [2.45, 2.75) is 26.4 Å². The number of allylic oxidation sites excluding steroid dienone is 1. The number of hydrogen-bond donors (Lipinski definition) is 1. The molecule has 4 nitrogen and oxygen atoms in total. The molecule has 1 rings (SSSR count). The molecule has 0 aromatic heterocycles. The van der Waals surface area contributed by atoms with Crippen molar-refractivity contribution in [3.05, 3.63) is 36.0 Å². The van der Waals surface area contributed by atoms with Gasteiger partial charge in [0.1, 0.15) is 23.5 Å². The van der Waals surface area contributed by atoms with Gasteiger partial charge in [-0.3, -0.25) is 0 Å². The van der Waals surface area contributed by atoms with Gasteiger partial charge in [0, 0.05) is 11.9 Å². The van der Waals surface area contributed by atoms with E-state index in [1.54, 1.807) is 12.1 Å². The number of ether oxygens (including phenoxy) is 1. The highest BCUT2D eigenvalue weighted by molar-refractivity contribution is 5.51. The minimum Gasteiger partial charge on any atom is -0.491 e. The third-order valence-corrected chi connectivity index (χ3v) is 2.39. The lowest BCUT2D eigenvalue weighted by Gasteiger charge is -2.12. The first kappa shape index (κ1) is 13.6. The molecule has 92 valence electrons. The van der Waals surface area contributed by atoms with E-state index < -0.39 is 0 Å². The summed E-state index contributed by atoms with van der Waals surface area (Å²) in [4.78, 5) is 0. The van der Waals surface area contributed by atoms with Crippen LogP contribution in [0.4, 0.5) is 5.69 Å². The Hall–Kier alpha value is -2.46. The number of nitrogens with one attached hydrogen (secondary N) is 1. The molecule has 1 aromatic rings. The number of nitrogens with zero attached hydrogens (tertiary/aromatic N) is 2. The highest BCUT2D eigenvalue weighted by Crippen LogP contribution is 2.17. The van der Waals surface area contributed by atoms with E-state index in [0.717, 1.165) is 17.9 Å². The predicted molar refractivity (Wildman–Crippen MR) is 69.8 cm³/mol. The van der Waals surface area contributed by atoms with Crippen molar-refractivity contribution in [2.24, 2.45) is 0 Å². The zero-order valence-corrected chi connectivity index (χ0v) is 10.5. The number of hydrogen-bond acceptors (Lipinski definition) is 4. The molecular weight excluding hydrogens is 226 g/mol. The quantitative estimate of drug-likeness (QED) is 0.804. The summed E-state index contributed by atoms with van der Waals surface area (Å²) < 4.78 is 5.64. The maximum Gasteiger partial charge on any atom is 0.145 e. The van der Waals surface area contributed by atoms with E-state index in [2.05, 4.69) is 12.2 Å². The van der Waals surface area contributed by atoms with Crippen LogP contribution in [0.25, 0.3) is 0 Å². The van der Waals surface area contributed by atoms with Gasteiger partial charge in [-0.25, -0.2) is 0 Å². The first-order valence-electron chi connectivity index (χ1n) is 5.73. The lowest BCUT2D eigenvalue weighted by molar-refractivity contribution is 0.217. The van der Waals surface area contributed by atoms with E-state index in [9.17, 15) is 0 Å². The fourth-order valence-corrected chi connectivity index (χ4v) is 1.19. The minimum absolute atomic E-state index is 0.0370. The van der Waals surface area contributed by atoms with Crippen molar-refractivity contribution in [1.29, 1.82) is 10.5 Å². The van der Waals surface area contributed by atoms with Crippen molar-refractivity contribution in [2.75, 3.05) is 5.32 Å². The molecule has 0 fully saturated rings. The summed E-state index contributed by atoms with van der Waals surface area (Å²) in [6.07, 6.45) is 2.52. The molecule has 0 saturated heterocycles. The van der Waals surface area contributed by atoms with Crippen LogP contribution < -0.4 is 10.1 Å². The normalized spacial score (nSPS) is 10.7. The molecule has 0 aliphatic carbocycles. The summed E-state index contributed by atoms with van der Waals surface area (Å²) >= 11 is 0. The summed E-state index contributed by atoms with van der Waals surface area (Å²) in [6, 6.07) is 10.9. The molecule has 4 heteroatoms. The second kappa shape index (κ2) is 6.98. The Morgan fingerprint density at radius 2 is 1.94 bits per heavy atom. The van der Waals surface area contributed by atoms with Gasteiger partial charge in [0.2, 0.25) is 0 Å². The summed E-state index contributed by atoms with van der Waals surface area (Å²) in [6.45, 7) is 4.08. The zero-order valence-electron chi connectivity index (χ0n) is 10.5. The monoisotopic (exact) mass is 241 g/mol. The lowest BCUT2D eigenvalue weighted by Crippen LogP contribution is -2.09. The van der Waals surface area contributed by atoms with Gasteiger partial charge in [-0.15, -0.1) is 0 Å². The van der Waals surface area contributed by atoms with Crippen molar-refractivity contribution in [3.63, 3.8) is 0 Å². The second-order valence-corrected chi connectivity index (χ2v) is 3.79. The fourth-order valence-electron chi connectivity index (χ4n) is 1.19. The molecular formula is C14H15N3O. The van der Waals surface area contributed by atoms with E-state index in [1.165, 1.54) is 6.20 Å². The van der Waals surface area contributed by atoms with E-state index in [-0.39, 0.29) is 11.7 Å². The average Bonchev–Trinajstić information content (AvgIpc) is 2.41. The molecule has 18 heavy (non-hydrogen) atoms. The molecule has 0 heterocycles. The standard InChI is InChI=1S/C14H15N3O/c1-3-11(2)18-14-6-4-13(5-7-14)17-10-12(8-15)9-16/h4-7,10-11,17H,3H2,1-2H3. The van der Waals surface area contributed by atoms with Crippen LogP contribution in [0.2, 0.25) is 0 Å². The van der Waals surface area contributed by atoms with Gasteiger partial charge in [-0.05, 0) is 37.6 Å². The first-order valence-corrected chi connectivity index (χ1v) is 5.73. The van der Waals surface area contributed by atoms with Crippen molar-refractivity contribution in [1.82, 2.24) is 0 Å². The molecule has 0 bridgehead atoms. The number of benzene rings is 1. The third kappa shape index (κ3) is 4.19. The summed E-state index contributed by atoms with van der Waals surface area (Å²) in [5.74, 6) is 0.805. The van der Waals surface area contributed by atoms with Crippen molar-refractivity contribution in [3.8, 4) is 17.9 Å². The van der Waals surface area contributed by atoms with E-state index in [0.29, 0.717) is 0 Å². The molecule has 0 spiro atoms. The van der Waals surface area contributed by atoms with Gasteiger partial charge < -0.3 is 10.1 Å². The molecule has 0 radical (unpaired) electrons. The van der Waals surface area contributed by atoms with Crippen LogP contribution in [-0.2, 0) is 0 Å². The third-order valence-electron chi connectivity index (χ3n) is 2.39.